The third kappa shape index (κ3) is 3.70. The average molecular weight is 303 g/mol. The Kier molecular flexibility index (Phi) is 5.63. The van der Waals surface area contributed by atoms with Crippen LogP contribution in [0.2, 0.25) is 0 Å². The summed E-state index contributed by atoms with van der Waals surface area (Å²) in [6.07, 6.45) is 2.39. The summed E-state index contributed by atoms with van der Waals surface area (Å²) in [7, 11) is 3.81. The zero-order valence-electron chi connectivity index (χ0n) is 14.6. The van der Waals surface area contributed by atoms with E-state index >= 15 is 0 Å². The molecule has 122 valence electrons. The molecule has 2 rings (SSSR count). The molecule has 2 atom stereocenters. The summed E-state index contributed by atoms with van der Waals surface area (Å²) < 4.78 is 5.41. The van der Waals surface area contributed by atoms with Crippen molar-refractivity contribution in [3.05, 3.63) is 29.3 Å². The molecule has 3 heteroatoms. The van der Waals surface area contributed by atoms with Crippen LogP contribution in [0.1, 0.15) is 42.6 Å². The van der Waals surface area contributed by atoms with Gasteiger partial charge in [0.25, 0.3) is 0 Å². The number of aryl methyl sites for hydroxylation is 1. The minimum Gasteiger partial charge on any atom is -0.496 e. The average Bonchev–Trinajstić information content (AvgIpc) is 2.53. The Balaban J connectivity index is 2.11. The molecule has 1 aromatic rings. The van der Waals surface area contributed by atoms with Crippen LogP contribution in [0.3, 0.4) is 0 Å². The van der Waals surface area contributed by atoms with E-state index in [4.69, 9.17) is 4.74 Å². The number of ketones is 1. The van der Waals surface area contributed by atoms with Crippen LogP contribution in [0, 0.1) is 24.7 Å². The van der Waals surface area contributed by atoms with Gasteiger partial charge in [-0.05, 0) is 69.4 Å². The first-order valence-electron chi connectivity index (χ1n) is 8.31. The number of nitrogens with zero attached hydrogens (tertiary/aromatic N) is 1. The van der Waals surface area contributed by atoms with Crippen LogP contribution in [0.4, 0.5) is 0 Å². The largest absolute Gasteiger partial charge is 0.496 e. The lowest BCUT2D eigenvalue weighted by Gasteiger charge is -2.35. The third-order valence-electron chi connectivity index (χ3n) is 5.33. The molecule has 0 N–H and O–H groups in total. The van der Waals surface area contributed by atoms with E-state index < -0.39 is 0 Å². The normalized spacial score (nSPS) is 19.7. The Labute approximate surface area is 134 Å². The highest BCUT2D eigenvalue weighted by atomic mass is 16.5. The predicted octanol–water partition coefficient (Wildman–Crippen LogP) is 3.80. The SMILES string of the molecule is COc1cc(C)ccc1C(=O)C(C)C(C)C1CCN(C)CC1. The number of piperidine rings is 1. The number of Topliss-reactive ketones (excluding diaryl/α,β-unsaturated/α-hetero) is 1. The highest BCUT2D eigenvalue weighted by Gasteiger charge is 2.31. The van der Waals surface area contributed by atoms with Gasteiger partial charge in [0.15, 0.2) is 5.78 Å². The summed E-state index contributed by atoms with van der Waals surface area (Å²) in [5, 5.41) is 0. The first kappa shape index (κ1) is 17.0. The van der Waals surface area contributed by atoms with Crippen molar-refractivity contribution in [2.45, 2.75) is 33.6 Å². The van der Waals surface area contributed by atoms with E-state index in [1.165, 1.54) is 12.8 Å². The van der Waals surface area contributed by atoms with Crippen molar-refractivity contribution in [1.82, 2.24) is 4.90 Å². The molecule has 0 saturated carbocycles. The lowest BCUT2D eigenvalue weighted by atomic mass is 9.76. The van der Waals surface area contributed by atoms with E-state index in [-0.39, 0.29) is 11.7 Å². The van der Waals surface area contributed by atoms with Crippen LogP contribution in [-0.4, -0.2) is 37.9 Å². The minimum absolute atomic E-state index is 0.0324. The second-order valence-corrected chi connectivity index (χ2v) is 6.86. The van der Waals surface area contributed by atoms with E-state index in [0.717, 1.165) is 24.2 Å². The highest BCUT2D eigenvalue weighted by molar-refractivity contribution is 6.00. The molecule has 1 heterocycles. The maximum atomic E-state index is 12.9. The fourth-order valence-electron chi connectivity index (χ4n) is 3.45. The summed E-state index contributed by atoms with van der Waals surface area (Å²) in [5.74, 6) is 2.00. The predicted molar refractivity (Wildman–Crippen MR) is 90.6 cm³/mol. The lowest BCUT2D eigenvalue weighted by molar-refractivity contribution is 0.0813. The molecule has 1 aliphatic rings. The molecule has 0 amide bonds. The van der Waals surface area contributed by atoms with Crippen molar-refractivity contribution >= 4 is 5.78 Å². The molecule has 1 saturated heterocycles. The Bertz CT molecular complexity index is 518. The summed E-state index contributed by atoms with van der Waals surface area (Å²) in [4.78, 5) is 15.3. The van der Waals surface area contributed by atoms with Gasteiger partial charge in [-0.3, -0.25) is 4.79 Å². The van der Waals surface area contributed by atoms with Gasteiger partial charge >= 0.3 is 0 Å². The van der Waals surface area contributed by atoms with Crippen molar-refractivity contribution in [2.24, 2.45) is 17.8 Å². The molecule has 0 aliphatic carbocycles. The second-order valence-electron chi connectivity index (χ2n) is 6.86. The molecule has 0 bridgehead atoms. The number of hydrogen-bond acceptors (Lipinski definition) is 3. The zero-order chi connectivity index (χ0) is 16.3. The molecule has 22 heavy (non-hydrogen) atoms. The number of benzene rings is 1. The molecular formula is C19H29NO2. The first-order chi connectivity index (χ1) is 10.4. The Hall–Kier alpha value is -1.35. The quantitative estimate of drug-likeness (QED) is 0.775. The third-order valence-corrected chi connectivity index (χ3v) is 5.33. The van der Waals surface area contributed by atoms with Gasteiger partial charge < -0.3 is 9.64 Å². The Morgan fingerprint density at radius 3 is 2.50 bits per heavy atom. The number of carbonyl (C=O) groups excluding carboxylic acids is 1. The molecule has 3 nitrogen and oxygen atoms in total. The van der Waals surface area contributed by atoms with Crippen molar-refractivity contribution < 1.29 is 9.53 Å². The monoisotopic (exact) mass is 303 g/mol. The molecule has 0 radical (unpaired) electrons. The maximum absolute atomic E-state index is 12.9. The number of ether oxygens (including phenoxy) is 1. The highest BCUT2D eigenvalue weighted by Crippen LogP contribution is 2.33. The van der Waals surface area contributed by atoms with Crippen molar-refractivity contribution in [3.8, 4) is 5.75 Å². The minimum atomic E-state index is 0.0324. The molecular weight excluding hydrogens is 274 g/mol. The van der Waals surface area contributed by atoms with Crippen LogP contribution in [0.5, 0.6) is 5.75 Å². The van der Waals surface area contributed by atoms with Gasteiger partial charge in [0.05, 0.1) is 12.7 Å². The van der Waals surface area contributed by atoms with Gasteiger partial charge in [0.1, 0.15) is 5.75 Å². The van der Waals surface area contributed by atoms with Crippen LogP contribution in [-0.2, 0) is 0 Å². The number of methoxy groups -OCH3 is 1. The number of rotatable bonds is 5. The van der Waals surface area contributed by atoms with Crippen molar-refractivity contribution in [3.63, 3.8) is 0 Å². The second kappa shape index (κ2) is 7.28. The smallest absolute Gasteiger partial charge is 0.169 e. The van der Waals surface area contributed by atoms with E-state index in [1.807, 2.05) is 25.1 Å². The Morgan fingerprint density at radius 1 is 1.27 bits per heavy atom. The fourth-order valence-corrected chi connectivity index (χ4v) is 3.45. The standard InChI is InChI=1S/C19H29NO2/c1-13-6-7-17(18(12-13)22-5)19(21)15(3)14(2)16-8-10-20(4)11-9-16/h6-7,12,14-16H,8-11H2,1-5H3. The van der Waals surface area contributed by atoms with Crippen LogP contribution < -0.4 is 4.74 Å². The Morgan fingerprint density at radius 2 is 1.91 bits per heavy atom. The number of carbonyl (C=O) groups is 1. The van der Waals surface area contributed by atoms with E-state index in [2.05, 4.69) is 25.8 Å². The van der Waals surface area contributed by atoms with Crippen LogP contribution in [0.25, 0.3) is 0 Å². The van der Waals surface area contributed by atoms with Crippen molar-refractivity contribution in [2.75, 3.05) is 27.2 Å². The molecule has 0 spiro atoms. The molecule has 0 aromatic heterocycles. The van der Waals surface area contributed by atoms with Gasteiger partial charge in [-0.1, -0.05) is 19.9 Å². The lowest BCUT2D eigenvalue weighted by Crippen LogP contribution is -2.35. The topological polar surface area (TPSA) is 29.5 Å². The van der Waals surface area contributed by atoms with E-state index in [1.54, 1.807) is 7.11 Å². The summed E-state index contributed by atoms with van der Waals surface area (Å²) >= 11 is 0. The van der Waals surface area contributed by atoms with Gasteiger partial charge in [-0.2, -0.15) is 0 Å². The molecule has 1 fully saturated rings. The van der Waals surface area contributed by atoms with Crippen LogP contribution >= 0.6 is 0 Å². The zero-order valence-corrected chi connectivity index (χ0v) is 14.6. The summed E-state index contributed by atoms with van der Waals surface area (Å²) in [6, 6.07) is 5.84. The molecule has 1 aromatic carbocycles. The summed E-state index contributed by atoms with van der Waals surface area (Å²) in [6.45, 7) is 8.61. The number of likely N-dealkylation sites (tertiary alicyclic amines) is 1. The molecule has 1 aliphatic heterocycles. The first-order valence-corrected chi connectivity index (χ1v) is 8.31. The van der Waals surface area contributed by atoms with Crippen molar-refractivity contribution in [1.29, 1.82) is 0 Å². The van der Waals surface area contributed by atoms with Gasteiger partial charge in [0.2, 0.25) is 0 Å². The fraction of sp³-hybridized carbons (Fsp3) is 0.632. The maximum Gasteiger partial charge on any atom is 0.169 e. The molecule has 2 unspecified atom stereocenters. The van der Waals surface area contributed by atoms with Crippen LogP contribution in [0.15, 0.2) is 18.2 Å². The van der Waals surface area contributed by atoms with Gasteiger partial charge in [-0.15, -0.1) is 0 Å². The van der Waals surface area contributed by atoms with Gasteiger partial charge in [-0.25, -0.2) is 0 Å². The van der Waals surface area contributed by atoms with E-state index in [9.17, 15) is 4.79 Å². The summed E-state index contributed by atoms with van der Waals surface area (Å²) in [5.41, 5.74) is 1.84. The number of hydrogen-bond donors (Lipinski definition) is 0. The van der Waals surface area contributed by atoms with E-state index in [0.29, 0.717) is 17.6 Å². The van der Waals surface area contributed by atoms with Gasteiger partial charge in [0, 0.05) is 5.92 Å².